The van der Waals surface area contributed by atoms with Crippen LogP contribution in [0.1, 0.15) is 13.3 Å². The molecule has 9 heteroatoms. The summed E-state index contributed by atoms with van der Waals surface area (Å²) in [6.07, 6.45) is 0.202. The average molecular weight is 254 g/mol. The normalized spacial score (nSPS) is 9.61. The molecule has 0 aliphatic rings. The van der Waals surface area contributed by atoms with E-state index < -0.39 is 21.2 Å². The molecule has 18 heavy (non-hydrogen) atoms. The first kappa shape index (κ1) is 13.4. The Hall–Kier alpha value is -2.71. The number of amides is 1. The Morgan fingerprint density at radius 1 is 1.28 bits per heavy atom. The fourth-order valence-corrected chi connectivity index (χ4v) is 1.12. The van der Waals surface area contributed by atoms with Crippen LogP contribution in [0, 0.1) is 20.2 Å². The SMILES string of the molecule is CCC(=O)NNc1ccc([N+](=O)[O-])cc1[N+](=O)[O-]. The molecular weight excluding hydrogens is 244 g/mol. The van der Waals surface area contributed by atoms with Crippen molar-refractivity contribution in [2.45, 2.75) is 13.3 Å². The second kappa shape index (κ2) is 5.57. The molecule has 0 bridgehead atoms. The van der Waals surface area contributed by atoms with Crippen LogP contribution in [0.5, 0.6) is 0 Å². The Bertz CT molecular complexity index is 502. The molecule has 0 saturated carbocycles. The maximum Gasteiger partial charge on any atom is 0.300 e. The van der Waals surface area contributed by atoms with E-state index in [1.807, 2.05) is 0 Å². The fraction of sp³-hybridized carbons (Fsp3) is 0.222. The topological polar surface area (TPSA) is 127 Å². The lowest BCUT2D eigenvalue weighted by Gasteiger charge is -2.07. The molecule has 2 N–H and O–H groups in total. The largest absolute Gasteiger partial charge is 0.300 e. The van der Waals surface area contributed by atoms with Gasteiger partial charge in [-0.2, -0.15) is 0 Å². The van der Waals surface area contributed by atoms with Crippen LogP contribution in [0.15, 0.2) is 18.2 Å². The molecule has 1 amide bonds. The summed E-state index contributed by atoms with van der Waals surface area (Å²) >= 11 is 0. The summed E-state index contributed by atoms with van der Waals surface area (Å²) in [7, 11) is 0. The zero-order valence-electron chi connectivity index (χ0n) is 9.37. The zero-order chi connectivity index (χ0) is 13.7. The Morgan fingerprint density at radius 2 is 1.94 bits per heavy atom. The number of hydrazine groups is 1. The summed E-state index contributed by atoms with van der Waals surface area (Å²) in [6.45, 7) is 1.61. The van der Waals surface area contributed by atoms with E-state index in [-0.39, 0.29) is 18.0 Å². The van der Waals surface area contributed by atoms with Crippen LogP contribution < -0.4 is 10.9 Å². The minimum atomic E-state index is -0.770. The van der Waals surface area contributed by atoms with E-state index in [1.54, 1.807) is 6.92 Å². The van der Waals surface area contributed by atoms with Gasteiger partial charge in [-0.05, 0) is 6.07 Å². The van der Waals surface area contributed by atoms with Crippen molar-refractivity contribution < 1.29 is 14.6 Å². The second-order valence-electron chi connectivity index (χ2n) is 3.24. The van der Waals surface area contributed by atoms with Gasteiger partial charge < -0.3 is 0 Å². The van der Waals surface area contributed by atoms with Crippen LogP contribution in [-0.4, -0.2) is 15.8 Å². The number of nitrogens with zero attached hydrogens (tertiary/aromatic N) is 2. The number of nitrogens with one attached hydrogen (secondary N) is 2. The molecule has 0 spiro atoms. The van der Waals surface area contributed by atoms with E-state index in [4.69, 9.17) is 0 Å². The molecule has 0 aliphatic carbocycles. The van der Waals surface area contributed by atoms with E-state index >= 15 is 0 Å². The molecule has 1 aromatic carbocycles. The van der Waals surface area contributed by atoms with Crippen molar-refractivity contribution in [3.63, 3.8) is 0 Å². The Morgan fingerprint density at radius 3 is 2.44 bits per heavy atom. The van der Waals surface area contributed by atoms with Crippen LogP contribution in [0.25, 0.3) is 0 Å². The lowest BCUT2D eigenvalue weighted by Crippen LogP contribution is -2.28. The van der Waals surface area contributed by atoms with Gasteiger partial charge in [0.15, 0.2) is 0 Å². The Kier molecular flexibility index (Phi) is 4.13. The highest BCUT2D eigenvalue weighted by Crippen LogP contribution is 2.28. The lowest BCUT2D eigenvalue weighted by molar-refractivity contribution is -0.393. The molecule has 9 nitrogen and oxygen atoms in total. The number of carbonyl (C=O) groups is 1. The average Bonchev–Trinajstić information content (AvgIpc) is 2.35. The third-order valence-corrected chi connectivity index (χ3v) is 2.05. The molecular formula is C9H10N4O5. The number of carbonyl (C=O) groups excluding carboxylic acids is 1. The molecule has 0 heterocycles. The number of nitro benzene ring substituents is 2. The van der Waals surface area contributed by atoms with Crippen molar-refractivity contribution in [2.24, 2.45) is 0 Å². The third-order valence-electron chi connectivity index (χ3n) is 2.05. The molecule has 0 aromatic heterocycles. The summed E-state index contributed by atoms with van der Waals surface area (Å²) in [5, 5.41) is 21.2. The molecule has 0 atom stereocenters. The number of non-ortho nitro benzene ring substituents is 1. The van der Waals surface area contributed by atoms with Crippen molar-refractivity contribution in [1.82, 2.24) is 5.43 Å². The van der Waals surface area contributed by atoms with E-state index in [0.717, 1.165) is 18.2 Å². The van der Waals surface area contributed by atoms with Crippen molar-refractivity contribution in [2.75, 3.05) is 5.43 Å². The van der Waals surface area contributed by atoms with Gasteiger partial charge in [0.1, 0.15) is 5.69 Å². The van der Waals surface area contributed by atoms with E-state index in [2.05, 4.69) is 10.9 Å². The predicted molar refractivity (Wildman–Crippen MR) is 61.8 cm³/mol. The van der Waals surface area contributed by atoms with E-state index in [1.165, 1.54) is 0 Å². The summed E-state index contributed by atoms with van der Waals surface area (Å²) < 4.78 is 0. The van der Waals surface area contributed by atoms with Crippen molar-refractivity contribution in [3.05, 3.63) is 38.4 Å². The number of nitro groups is 2. The summed E-state index contributed by atoms with van der Waals surface area (Å²) in [6, 6.07) is 3.08. The summed E-state index contributed by atoms with van der Waals surface area (Å²) in [4.78, 5) is 30.7. The van der Waals surface area contributed by atoms with Crippen LogP contribution in [-0.2, 0) is 4.79 Å². The monoisotopic (exact) mass is 254 g/mol. The standard InChI is InChI=1S/C9H10N4O5/c1-2-9(14)11-10-7-4-3-6(12(15)16)5-8(7)13(17)18/h3-5,10H,2H2,1H3,(H,11,14). The van der Waals surface area contributed by atoms with E-state index in [9.17, 15) is 25.0 Å². The van der Waals surface area contributed by atoms with Gasteiger partial charge in [0.05, 0.1) is 15.9 Å². The Balaban J connectivity index is 3.00. The quantitative estimate of drug-likeness (QED) is 0.603. The second-order valence-corrected chi connectivity index (χ2v) is 3.24. The number of hydrogen-bond acceptors (Lipinski definition) is 6. The minimum absolute atomic E-state index is 0.0209. The van der Waals surface area contributed by atoms with Crippen molar-refractivity contribution in [3.8, 4) is 0 Å². The highest BCUT2D eigenvalue weighted by Gasteiger charge is 2.19. The highest BCUT2D eigenvalue weighted by molar-refractivity contribution is 5.78. The maximum atomic E-state index is 11.0. The van der Waals surface area contributed by atoms with Gasteiger partial charge in [-0.3, -0.25) is 35.9 Å². The van der Waals surface area contributed by atoms with Gasteiger partial charge in [-0.1, -0.05) is 6.92 Å². The number of anilines is 1. The van der Waals surface area contributed by atoms with Crippen molar-refractivity contribution in [1.29, 1.82) is 0 Å². The zero-order valence-corrected chi connectivity index (χ0v) is 9.37. The van der Waals surface area contributed by atoms with Crippen molar-refractivity contribution >= 4 is 23.0 Å². The van der Waals surface area contributed by atoms with Crippen LogP contribution >= 0.6 is 0 Å². The molecule has 0 saturated heterocycles. The van der Waals surface area contributed by atoms with E-state index in [0.29, 0.717) is 0 Å². The lowest BCUT2D eigenvalue weighted by atomic mass is 10.2. The summed E-state index contributed by atoms with van der Waals surface area (Å²) in [5.41, 5.74) is 3.68. The smallest absolute Gasteiger partial charge is 0.292 e. The first-order valence-corrected chi connectivity index (χ1v) is 4.93. The molecule has 1 aromatic rings. The van der Waals surface area contributed by atoms with Gasteiger partial charge >= 0.3 is 5.69 Å². The molecule has 0 fully saturated rings. The first-order valence-electron chi connectivity index (χ1n) is 4.93. The van der Waals surface area contributed by atoms with Gasteiger partial charge in [0.2, 0.25) is 5.91 Å². The molecule has 0 aliphatic heterocycles. The molecule has 1 rings (SSSR count). The van der Waals surface area contributed by atoms with Gasteiger partial charge in [-0.15, -0.1) is 0 Å². The predicted octanol–water partition coefficient (Wildman–Crippen LogP) is 1.36. The highest BCUT2D eigenvalue weighted by atomic mass is 16.6. The minimum Gasteiger partial charge on any atom is -0.292 e. The fourth-order valence-electron chi connectivity index (χ4n) is 1.12. The van der Waals surface area contributed by atoms with Crippen LogP contribution in [0.2, 0.25) is 0 Å². The Labute approximate surface area is 101 Å². The van der Waals surface area contributed by atoms with Crippen LogP contribution in [0.3, 0.4) is 0 Å². The molecule has 0 radical (unpaired) electrons. The van der Waals surface area contributed by atoms with Crippen LogP contribution in [0.4, 0.5) is 17.1 Å². The third kappa shape index (κ3) is 3.14. The van der Waals surface area contributed by atoms with Gasteiger partial charge in [-0.25, -0.2) is 0 Å². The summed E-state index contributed by atoms with van der Waals surface area (Å²) in [5.74, 6) is -0.359. The first-order chi connectivity index (χ1) is 8.45. The number of benzene rings is 1. The molecule has 96 valence electrons. The maximum absolute atomic E-state index is 11.0. The number of rotatable bonds is 5. The number of hydrogen-bond donors (Lipinski definition) is 2. The van der Waals surface area contributed by atoms with Gasteiger partial charge in [0, 0.05) is 12.5 Å². The molecule has 0 unspecified atom stereocenters. The van der Waals surface area contributed by atoms with Gasteiger partial charge in [0.25, 0.3) is 5.69 Å².